The first-order valence-electron chi connectivity index (χ1n) is 4.53. The molecular weight excluding hydrogens is 251 g/mol. The average Bonchev–Trinajstić information content (AvgIpc) is 2.47. The van der Waals surface area contributed by atoms with Crippen LogP contribution in [0, 0.1) is 0 Å². The fraction of sp³-hybridized carbons (Fsp3) is 0.200. The van der Waals surface area contributed by atoms with Crippen LogP contribution in [0.5, 0.6) is 0 Å². The Kier molecular flexibility index (Phi) is 2.78. The Hall–Kier alpha value is -1.26. The number of hydrogen-bond acceptors (Lipinski definition) is 2. The summed E-state index contributed by atoms with van der Waals surface area (Å²) in [5.74, 6) is -0.356. The lowest BCUT2D eigenvalue weighted by Crippen LogP contribution is -2.25. The fourth-order valence-corrected chi connectivity index (χ4v) is 1.92. The van der Waals surface area contributed by atoms with E-state index in [0.717, 1.165) is 0 Å². The highest BCUT2D eigenvalue weighted by Crippen LogP contribution is 2.29. The van der Waals surface area contributed by atoms with Crippen molar-refractivity contribution < 1.29 is 9.59 Å². The highest BCUT2D eigenvalue weighted by Gasteiger charge is 2.36. The van der Waals surface area contributed by atoms with Gasteiger partial charge in [-0.1, -0.05) is 29.3 Å². The van der Waals surface area contributed by atoms with Crippen molar-refractivity contribution in [3.05, 3.63) is 33.8 Å². The van der Waals surface area contributed by atoms with Crippen molar-refractivity contribution in [1.29, 1.82) is 0 Å². The minimum absolute atomic E-state index is 0.356. The number of carbonyl (C=O) groups excluding carboxylic acids is 2. The van der Waals surface area contributed by atoms with E-state index >= 15 is 0 Å². The lowest BCUT2D eigenvalue weighted by Gasteiger charge is -2.16. The molecule has 0 spiro atoms. The van der Waals surface area contributed by atoms with Crippen LogP contribution in [0.15, 0.2) is 18.2 Å². The second-order valence-electron chi connectivity index (χ2n) is 3.48. The minimum atomic E-state index is -0.637. The molecule has 0 radical (unpaired) electrons. The molecule has 84 valence electrons. The molecule has 1 N–H and O–H groups in total. The van der Waals surface area contributed by atoms with E-state index < -0.39 is 12.1 Å². The third-order valence-corrected chi connectivity index (χ3v) is 3.18. The summed E-state index contributed by atoms with van der Waals surface area (Å²) in [5.41, 5.74) is 0.639. The van der Waals surface area contributed by atoms with E-state index in [1.54, 1.807) is 25.2 Å². The van der Waals surface area contributed by atoms with Crippen LogP contribution in [-0.2, 0) is 4.79 Å². The maximum absolute atomic E-state index is 11.5. The number of nitrogens with one attached hydrogen (secondary N) is 1. The number of imide groups is 1. The Morgan fingerprint density at radius 2 is 1.94 bits per heavy atom. The summed E-state index contributed by atoms with van der Waals surface area (Å²) in [6, 6.07) is 3.81. The van der Waals surface area contributed by atoms with Gasteiger partial charge in [0, 0.05) is 7.05 Å². The number of amides is 3. The first-order chi connectivity index (χ1) is 7.50. The third kappa shape index (κ3) is 1.74. The monoisotopic (exact) mass is 258 g/mol. The molecule has 1 unspecified atom stereocenters. The number of nitrogens with zero attached hydrogens (tertiary/aromatic N) is 1. The maximum Gasteiger partial charge on any atom is 0.324 e. The lowest BCUT2D eigenvalue weighted by molar-refractivity contribution is -0.121. The molecule has 2 rings (SSSR count). The first kappa shape index (κ1) is 11.2. The summed E-state index contributed by atoms with van der Waals surface area (Å²) in [5, 5.41) is 3.00. The normalized spacial score (nSPS) is 20.2. The molecule has 1 fully saturated rings. The van der Waals surface area contributed by atoms with Gasteiger partial charge in [-0.2, -0.15) is 0 Å². The quantitative estimate of drug-likeness (QED) is 0.786. The van der Waals surface area contributed by atoms with Gasteiger partial charge < -0.3 is 4.90 Å². The molecule has 0 saturated carbocycles. The predicted molar refractivity (Wildman–Crippen MR) is 60.5 cm³/mol. The summed E-state index contributed by atoms with van der Waals surface area (Å²) in [6.07, 6.45) is 0. The summed E-state index contributed by atoms with van der Waals surface area (Å²) < 4.78 is 0. The molecule has 0 aromatic heterocycles. The maximum atomic E-state index is 11.5. The van der Waals surface area contributed by atoms with Gasteiger partial charge in [0.1, 0.15) is 6.04 Å². The zero-order chi connectivity index (χ0) is 11.9. The van der Waals surface area contributed by atoms with Gasteiger partial charge in [0.25, 0.3) is 5.91 Å². The molecule has 3 amide bonds. The van der Waals surface area contributed by atoms with Crippen LogP contribution in [-0.4, -0.2) is 23.9 Å². The molecule has 1 atom stereocenters. The molecule has 1 aliphatic rings. The van der Waals surface area contributed by atoms with Crippen LogP contribution in [0.1, 0.15) is 11.6 Å². The van der Waals surface area contributed by atoms with Crippen molar-refractivity contribution in [3.63, 3.8) is 0 Å². The number of urea groups is 1. The molecule has 4 nitrogen and oxygen atoms in total. The molecule has 1 aromatic carbocycles. The number of likely N-dealkylation sites (N-methyl/N-ethyl adjacent to an activating group) is 1. The van der Waals surface area contributed by atoms with E-state index in [0.29, 0.717) is 15.6 Å². The third-order valence-electron chi connectivity index (χ3n) is 2.45. The molecule has 0 aliphatic carbocycles. The standard InChI is InChI=1S/C10H8Cl2N2O2/c1-14-8(9(15)13-10(14)16)5-2-3-6(11)7(12)4-5/h2-4,8H,1H3,(H,13,15,16). The molecule has 0 bridgehead atoms. The molecule has 1 aromatic rings. The second-order valence-corrected chi connectivity index (χ2v) is 4.30. The highest BCUT2D eigenvalue weighted by atomic mass is 35.5. The van der Waals surface area contributed by atoms with Crippen molar-refractivity contribution >= 4 is 35.1 Å². The minimum Gasteiger partial charge on any atom is -0.311 e. The van der Waals surface area contributed by atoms with Crippen molar-refractivity contribution in [3.8, 4) is 0 Å². The lowest BCUT2D eigenvalue weighted by atomic mass is 10.1. The Balaban J connectivity index is 2.40. The van der Waals surface area contributed by atoms with E-state index in [2.05, 4.69) is 5.32 Å². The smallest absolute Gasteiger partial charge is 0.311 e. The van der Waals surface area contributed by atoms with Crippen LogP contribution >= 0.6 is 23.2 Å². The van der Waals surface area contributed by atoms with Gasteiger partial charge in [-0.15, -0.1) is 0 Å². The molecule has 16 heavy (non-hydrogen) atoms. The Morgan fingerprint density at radius 1 is 1.25 bits per heavy atom. The second kappa shape index (κ2) is 3.96. The first-order valence-corrected chi connectivity index (χ1v) is 5.29. The van der Waals surface area contributed by atoms with E-state index in [9.17, 15) is 9.59 Å². The molecular formula is C10H8Cl2N2O2. The Morgan fingerprint density at radius 3 is 2.44 bits per heavy atom. The van der Waals surface area contributed by atoms with Gasteiger partial charge in [-0.3, -0.25) is 10.1 Å². The van der Waals surface area contributed by atoms with E-state index in [-0.39, 0.29) is 5.91 Å². The number of benzene rings is 1. The molecule has 1 heterocycles. The number of halogens is 2. The zero-order valence-corrected chi connectivity index (χ0v) is 9.84. The number of hydrogen-bond donors (Lipinski definition) is 1. The predicted octanol–water partition coefficient (Wildman–Crippen LogP) is 2.22. The van der Waals surface area contributed by atoms with Crippen LogP contribution in [0.2, 0.25) is 10.0 Å². The van der Waals surface area contributed by atoms with Crippen molar-refractivity contribution in [2.75, 3.05) is 7.05 Å². The van der Waals surface area contributed by atoms with Crippen LogP contribution in [0.4, 0.5) is 4.79 Å². The summed E-state index contributed by atoms with van der Waals surface area (Å²) in [6.45, 7) is 0. The van der Waals surface area contributed by atoms with Crippen molar-refractivity contribution in [1.82, 2.24) is 10.2 Å². The van der Waals surface area contributed by atoms with Gasteiger partial charge in [0.15, 0.2) is 0 Å². The van der Waals surface area contributed by atoms with E-state index in [4.69, 9.17) is 23.2 Å². The van der Waals surface area contributed by atoms with Gasteiger partial charge >= 0.3 is 6.03 Å². The summed E-state index contributed by atoms with van der Waals surface area (Å²) in [7, 11) is 1.55. The van der Waals surface area contributed by atoms with E-state index in [1.807, 2.05) is 0 Å². The van der Waals surface area contributed by atoms with Crippen LogP contribution < -0.4 is 5.32 Å². The summed E-state index contributed by atoms with van der Waals surface area (Å²) >= 11 is 11.6. The average molecular weight is 259 g/mol. The topological polar surface area (TPSA) is 49.4 Å². The molecule has 6 heteroatoms. The fourth-order valence-electron chi connectivity index (χ4n) is 1.61. The van der Waals surface area contributed by atoms with Gasteiger partial charge in [0.2, 0.25) is 0 Å². The number of rotatable bonds is 1. The van der Waals surface area contributed by atoms with Gasteiger partial charge in [-0.05, 0) is 17.7 Å². The Bertz CT molecular complexity index is 476. The van der Waals surface area contributed by atoms with Gasteiger partial charge in [0.05, 0.1) is 10.0 Å². The molecule has 1 aliphatic heterocycles. The molecule has 1 saturated heterocycles. The van der Waals surface area contributed by atoms with Crippen molar-refractivity contribution in [2.45, 2.75) is 6.04 Å². The van der Waals surface area contributed by atoms with Crippen LogP contribution in [0.3, 0.4) is 0 Å². The van der Waals surface area contributed by atoms with Gasteiger partial charge in [-0.25, -0.2) is 4.79 Å². The zero-order valence-electron chi connectivity index (χ0n) is 8.33. The highest BCUT2D eigenvalue weighted by molar-refractivity contribution is 6.42. The Labute approximate surface area is 102 Å². The number of carbonyl (C=O) groups is 2. The largest absolute Gasteiger partial charge is 0.324 e. The van der Waals surface area contributed by atoms with E-state index in [1.165, 1.54) is 4.90 Å². The van der Waals surface area contributed by atoms with Crippen LogP contribution in [0.25, 0.3) is 0 Å². The van der Waals surface area contributed by atoms with Crippen molar-refractivity contribution in [2.24, 2.45) is 0 Å². The SMILES string of the molecule is CN1C(=O)NC(=O)C1c1ccc(Cl)c(Cl)c1. The summed E-state index contributed by atoms with van der Waals surface area (Å²) in [4.78, 5) is 24.1.